The quantitative estimate of drug-likeness (QED) is 0.324. The Morgan fingerprint density at radius 2 is 1.56 bits per heavy atom. The molecule has 1 aliphatic heterocycles. The molecule has 1 fully saturated rings. The molecule has 0 radical (unpaired) electrons. The molecule has 3 atom stereocenters. The minimum absolute atomic E-state index is 0.0819. The van der Waals surface area contributed by atoms with Crippen LogP contribution in [-0.2, 0) is 17.1 Å². The van der Waals surface area contributed by atoms with Crippen molar-refractivity contribution in [3.63, 3.8) is 0 Å². The SMILES string of the molecule is Cc1ccccc1C1CC(CN(C)CC(C)(C)C(N)=O)CCN1C(=O)N(C)C(C)c1cc(C(F)(F)F)cc(C(F)(F)F)c1. The molecule has 12 heteroatoms. The van der Waals surface area contributed by atoms with E-state index in [4.69, 9.17) is 5.73 Å². The van der Waals surface area contributed by atoms with Crippen LogP contribution in [0.4, 0.5) is 31.1 Å². The Balaban J connectivity index is 1.90. The summed E-state index contributed by atoms with van der Waals surface area (Å²) in [5, 5.41) is 0. The zero-order chi connectivity index (χ0) is 32.5. The van der Waals surface area contributed by atoms with Crippen LogP contribution in [0.1, 0.15) is 73.5 Å². The maximum absolute atomic E-state index is 13.9. The zero-order valence-corrected chi connectivity index (χ0v) is 25.3. The predicted octanol–water partition coefficient (Wildman–Crippen LogP) is 7.04. The highest BCUT2D eigenvalue weighted by atomic mass is 19.4. The van der Waals surface area contributed by atoms with Gasteiger partial charge in [0.15, 0.2) is 0 Å². The zero-order valence-electron chi connectivity index (χ0n) is 25.3. The largest absolute Gasteiger partial charge is 0.416 e. The van der Waals surface area contributed by atoms with Crippen LogP contribution in [0.5, 0.6) is 0 Å². The molecule has 3 rings (SSSR count). The number of hydrogen-bond donors (Lipinski definition) is 1. The van der Waals surface area contributed by atoms with E-state index in [9.17, 15) is 35.9 Å². The van der Waals surface area contributed by atoms with Crippen LogP contribution in [0.15, 0.2) is 42.5 Å². The maximum Gasteiger partial charge on any atom is 0.416 e. The Labute approximate surface area is 248 Å². The third-order valence-corrected chi connectivity index (χ3v) is 8.38. The summed E-state index contributed by atoms with van der Waals surface area (Å²) >= 11 is 0. The van der Waals surface area contributed by atoms with Crippen molar-refractivity contribution >= 4 is 11.9 Å². The third-order valence-electron chi connectivity index (χ3n) is 8.38. The topological polar surface area (TPSA) is 69.9 Å². The van der Waals surface area contributed by atoms with E-state index >= 15 is 0 Å². The van der Waals surface area contributed by atoms with Gasteiger partial charge in [0, 0.05) is 26.7 Å². The number of amides is 3. The van der Waals surface area contributed by atoms with Crippen molar-refractivity contribution in [1.82, 2.24) is 14.7 Å². The maximum atomic E-state index is 13.9. The summed E-state index contributed by atoms with van der Waals surface area (Å²) in [5.74, 6) is -0.249. The first-order valence-corrected chi connectivity index (χ1v) is 14.1. The smallest absolute Gasteiger partial charge is 0.369 e. The van der Waals surface area contributed by atoms with Crippen LogP contribution in [0, 0.1) is 18.3 Å². The van der Waals surface area contributed by atoms with Gasteiger partial charge in [-0.2, -0.15) is 26.3 Å². The van der Waals surface area contributed by atoms with E-state index in [0.29, 0.717) is 44.6 Å². The number of hydrogen-bond acceptors (Lipinski definition) is 3. The summed E-state index contributed by atoms with van der Waals surface area (Å²) in [4.78, 5) is 30.6. The molecule has 0 bridgehead atoms. The molecule has 2 aromatic carbocycles. The minimum atomic E-state index is -4.99. The molecular weight excluding hydrogens is 574 g/mol. The average molecular weight is 615 g/mol. The molecule has 238 valence electrons. The minimum Gasteiger partial charge on any atom is -0.369 e. The van der Waals surface area contributed by atoms with Gasteiger partial charge in [0.2, 0.25) is 5.91 Å². The number of urea groups is 1. The van der Waals surface area contributed by atoms with E-state index in [2.05, 4.69) is 0 Å². The molecule has 2 N–H and O–H groups in total. The highest BCUT2D eigenvalue weighted by Gasteiger charge is 2.40. The van der Waals surface area contributed by atoms with Crippen molar-refractivity contribution in [1.29, 1.82) is 0 Å². The molecule has 0 saturated carbocycles. The van der Waals surface area contributed by atoms with Gasteiger partial charge in [-0.25, -0.2) is 4.79 Å². The molecule has 2 aromatic rings. The summed E-state index contributed by atoms with van der Waals surface area (Å²) in [6, 6.07) is 7.07. The van der Waals surface area contributed by atoms with Gasteiger partial charge in [0.25, 0.3) is 0 Å². The summed E-state index contributed by atoms with van der Waals surface area (Å²) in [7, 11) is 3.30. The summed E-state index contributed by atoms with van der Waals surface area (Å²) in [6.07, 6.45) is -8.77. The number of piperidine rings is 1. The molecule has 0 aromatic heterocycles. The van der Waals surface area contributed by atoms with Crippen LogP contribution in [0.25, 0.3) is 0 Å². The number of carbonyl (C=O) groups is 2. The van der Waals surface area contributed by atoms with E-state index in [1.165, 1.54) is 18.9 Å². The van der Waals surface area contributed by atoms with Gasteiger partial charge in [-0.3, -0.25) is 4.79 Å². The van der Waals surface area contributed by atoms with Crippen LogP contribution >= 0.6 is 0 Å². The average Bonchev–Trinajstić information content (AvgIpc) is 2.90. The summed E-state index contributed by atoms with van der Waals surface area (Å²) < 4.78 is 81.0. The highest BCUT2D eigenvalue weighted by molar-refractivity contribution is 5.80. The normalized spacial score (nSPS) is 19.0. The van der Waals surface area contributed by atoms with Gasteiger partial charge < -0.3 is 20.4 Å². The van der Waals surface area contributed by atoms with E-state index in [1.54, 1.807) is 18.7 Å². The molecule has 6 nitrogen and oxygen atoms in total. The van der Waals surface area contributed by atoms with Crippen LogP contribution < -0.4 is 5.73 Å². The molecule has 3 unspecified atom stereocenters. The molecule has 0 spiro atoms. The number of halogens is 6. The number of nitrogens with zero attached hydrogens (tertiary/aromatic N) is 3. The Bertz CT molecular complexity index is 1280. The Kier molecular flexibility index (Phi) is 10.1. The van der Waals surface area contributed by atoms with Crippen molar-refractivity contribution < 1.29 is 35.9 Å². The van der Waals surface area contributed by atoms with Crippen molar-refractivity contribution in [2.45, 2.75) is 65.0 Å². The monoisotopic (exact) mass is 614 g/mol. The van der Waals surface area contributed by atoms with Gasteiger partial charge in [-0.15, -0.1) is 0 Å². The van der Waals surface area contributed by atoms with Crippen LogP contribution in [0.2, 0.25) is 0 Å². The fourth-order valence-electron chi connectivity index (χ4n) is 5.76. The second kappa shape index (κ2) is 12.8. The number of primary amides is 1. The van der Waals surface area contributed by atoms with E-state index in [0.717, 1.165) is 11.1 Å². The first-order valence-electron chi connectivity index (χ1n) is 14.1. The number of benzene rings is 2. The number of nitrogens with two attached hydrogens (primary N) is 1. The fourth-order valence-corrected chi connectivity index (χ4v) is 5.76. The molecule has 43 heavy (non-hydrogen) atoms. The van der Waals surface area contributed by atoms with Gasteiger partial charge in [-0.1, -0.05) is 24.3 Å². The standard InChI is InChI=1S/C31H40F6N4O2/c1-19-9-7-8-10-25(19)26-13-21(17-39(5)18-29(3,4)27(38)42)11-12-41(26)28(43)40(6)20(2)22-14-23(30(32,33)34)16-24(15-22)31(35,36)37/h7-10,14-16,20-21,26H,11-13,17-18H2,1-6H3,(H2,38,42). The van der Waals surface area contributed by atoms with Crippen LogP contribution in [-0.4, -0.2) is 60.4 Å². The molecule has 0 aliphatic carbocycles. The Morgan fingerprint density at radius 3 is 2.07 bits per heavy atom. The lowest BCUT2D eigenvalue weighted by Gasteiger charge is -2.44. The van der Waals surface area contributed by atoms with Crippen molar-refractivity contribution in [2.24, 2.45) is 17.1 Å². The van der Waals surface area contributed by atoms with Crippen LogP contribution in [0.3, 0.4) is 0 Å². The highest BCUT2D eigenvalue weighted by Crippen LogP contribution is 2.40. The molecule has 1 heterocycles. The Hall–Kier alpha value is -3.28. The second-order valence-electron chi connectivity index (χ2n) is 12.3. The van der Waals surface area contributed by atoms with Gasteiger partial charge in [-0.05, 0) is 88.4 Å². The Morgan fingerprint density at radius 1 is 1.00 bits per heavy atom. The van der Waals surface area contributed by atoms with Gasteiger partial charge in [0.1, 0.15) is 0 Å². The lowest BCUT2D eigenvalue weighted by atomic mass is 9.84. The second-order valence-corrected chi connectivity index (χ2v) is 12.3. The molecule has 3 amide bonds. The van der Waals surface area contributed by atoms with Gasteiger partial charge >= 0.3 is 18.4 Å². The third kappa shape index (κ3) is 8.21. The van der Waals surface area contributed by atoms with E-state index < -0.39 is 46.9 Å². The van der Waals surface area contributed by atoms with E-state index in [-0.39, 0.29) is 23.6 Å². The number of likely N-dealkylation sites (tertiary alicyclic amines) is 1. The summed E-state index contributed by atoms with van der Waals surface area (Å²) in [6.45, 7) is 8.34. The van der Waals surface area contributed by atoms with Crippen molar-refractivity contribution in [3.8, 4) is 0 Å². The molecule has 1 saturated heterocycles. The molecular formula is C31H40F6N4O2. The first-order chi connectivity index (χ1) is 19.7. The van der Waals surface area contributed by atoms with E-state index in [1.807, 2.05) is 43.1 Å². The predicted molar refractivity (Wildman–Crippen MR) is 152 cm³/mol. The first kappa shape index (κ1) is 34.2. The lowest BCUT2D eigenvalue weighted by molar-refractivity contribution is -0.143. The van der Waals surface area contributed by atoms with Crippen molar-refractivity contribution in [3.05, 3.63) is 70.3 Å². The number of aryl methyl sites for hydroxylation is 1. The lowest BCUT2D eigenvalue weighted by Crippen LogP contribution is -2.49. The van der Waals surface area contributed by atoms with Gasteiger partial charge in [0.05, 0.1) is 28.6 Å². The fraction of sp³-hybridized carbons (Fsp3) is 0.548. The van der Waals surface area contributed by atoms with Crippen molar-refractivity contribution in [2.75, 3.05) is 33.7 Å². The molecule has 1 aliphatic rings. The summed E-state index contributed by atoms with van der Waals surface area (Å²) in [5.41, 5.74) is 3.58. The number of rotatable bonds is 8. The number of carbonyl (C=O) groups excluding carboxylic acids is 2. The number of alkyl halides is 6.